The van der Waals surface area contributed by atoms with Gasteiger partial charge in [0, 0.05) is 18.2 Å². The van der Waals surface area contributed by atoms with Gasteiger partial charge in [-0.1, -0.05) is 25.5 Å². The molecule has 1 unspecified atom stereocenters. The highest BCUT2D eigenvalue weighted by atomic mass is 16.1. The van der Waals surface area contributed by atoms with Crippen LogP contribution in [0.15, 0.2) is 24.3 Å². The lowest BCUT2D eigenvalue weighted by atomic mass is 10.1. The number of hydrogen-bond donors (Lipinski definition) is 2. The molecule has 3 N–H and O–H groups in total. The van der Waals surface area contributed by atoms with Crippen molar-refractivity contribution in [3.8, 4) is 0 Å². The Morgan fingerprint density at radius 1 is 1.38 bits per heavy atom. The monoisotopic (exact) mass is 220 g/mol. The van der Waals surface area contributed by atoms with E-state index in [-0.39, 0.29) is 11.9 Å². The van der Waals surface area contributed by atoms with Crippen LogP contribution in [0, 0.1) is 0 Å². The van der Waals surface area contributed by atoms with E-state index in [0.717, 1.165) is 24.1 Å². The number of carbonyl (C=O) groups excluding carboxylic acids is 1. The lowest BCUT2D eigenvalue weighted by Gasteiger charge is -2.08. The molecule has 0 saturated heterocycles. The fourth-order valence-electron chi connectivity index (χ4n) is 1.43. The molecule has 0 saturated carbocycles. The van der Waals surface area contributed by atoms with Crippen LogP contribution in [0.1, 0.15) is 44.7 Å². The van der Waals surface area contributed by atoms with Crippen molar-refractivity contribution >= 4 is 11.6 Å². The molecule has 0 heterocycles. The zero-order valence-electron chi connectivity index (χ0n) is 9.99. The average molecular weight is 220 g/mol. The van der Waals surface area contributed by atoms with E-state index >= 15 is 0 Å². The molecule has 1 amide bonds. The number of benzene rings is 1. The van der Waals surface area contributed by atoms with E-state index in [2.05, 4.69) is 12.2 Å². The maximum Gasteiger partial charge on any atom is 0.224 e. The molecule has 88 valence electrons. The third kappa shape index (κ3) is 4.03. The largest absolute Gasteiger partial charge is 0.326 e. The van der Waals surface area contributed by atoms with Crippen molar-refractivity contribution in [1.29, 1.82) is 0 Å². The van der Waals surface area contributed by atoms with Gasteiger partial charge in [0.1, 0.15) is 0 Å². The third-order valence-corrected chi connectivity index (χ3v) is 2.48. The molecular formula is C13H20N2O. The predicted octanol–water partition coefficient (Wildman–Crippen LogP) is 2.83. The molecule has 1 aromatic rings. The second kappa shape index (κ2) is 6.28. The molecule has 0 aliphatic heterocycles. The first-order valence-electron chi connectivity index (χ1n) is 5.79. The number of rotatable bonds is 5. The van der Waals surface area contributed by atoms with Crippen molar-refractivity contribution in [3.05, 3.63) is 29.8 Å². The van der Waals surface area contributed by atoms with Crippen LogP contribution in [0.3, 0.4) is 0 Å². The molecule has 0 aromatic heterocycles. The van der Waals surface area contributed by atoms with Crippen molar-refractivity contribution in [2.75, 3.05) is 5.32 Å². The first-order valence-corrected chi connectivity index (χ1v) is 5.79. The standard InChI is InChI=1S/C13H20N2O/c1-3-4-5-13(16)15-12-8-6-11(7-9-12)10(2)14/h6-10H,3-5,14H2,1-2H3,(H,15,16). The Balaban J connectivity index is 2.51. The number of nitrogens with two attached hydrogens (primary N) is 1. The van der Waals surface area contributed by atoms with Crippen LogP contribution in [0.2, 0.25) is 0 Å². The minimum Gasteiger partial charge on any atom is -0.326 e. The van der Waals surface area contributed by atoms with Gasteiger partial charge in [-0.3, -0.25) is 4.79 Å². The minimum atomic E-state index is 0.0323. The molecule has 1 rings (SSSR count). The lowest BCUT2D eigenvalue weighted by molar-refractivity contribution is -0.116. The summed E-state index contributed by atoms with van der Waals surface area (Å²) in [5.74, 6) is 0.0791. The van der Waals surface area contributed by atoms with Crippen molar-refractivity contribution in [1.82, 2.24) is 0 Å². The van der Waals surface area contributed by atoms with Crippen LogP contribution in [-0.4, -0.2) is 5.91 Å². The van der Waals surface area contributed by atoms with Gasteiger partial charge < -0.3 is 11.1 Å². The molecule has 1 aromatic carbocycles. The Kier molecular flexibility index (Phi) is 4.99. The summed E-state index contributed by atoms with van der Waals surface area (Å²) in [4.78, 5) is 11.5. The van der Waals surface area contributed by atoms with Gasteiger partial charge in [-0.05, 0) is 31.0 Å². The maximum absolute atomic E-state index is 11.5. The molecule has 0 aliphatic rings. The Morgan fingerprint density at radius 2 is 2.00 bits per heavy atom. The van der Waals surface area contributed by atoms with E-state index in [1.165, 1.54) is 0 Å². The summed E-state index contributed by atoms with van der Waals surface area (Å²) in [6, 6.07) is 7.70. The lowest BCUT2D eigenvalue weighted by Crippen LogP contribution is -2.11. The molecule has 0 aliphatic carbocycles. The van der Waals surface area contributed by atoms with Crippen molar-refractivity contribution in [2.24, 2.45) is 5.73 Å². The first-order chi connectivity index (χ1) is 7.63. The predicted molar refractivity (Wildman–Crippen MR) is 67.2 cm³/mol. The van der Waals surface area contributed by atoms with E-state index in [1.54, 1.807) is 0 Å². The molecule has 1 atom stereocenters. The van der Waals surface area contributed by atoms with Crippen LogP contribution in [0.25, 0.3) is 0 Å². The van der Waals surface area contributed by atoms with E-state index in [9.17, 15) is 4.79 Å². The van der Waals surface area contributed by atoms with Gasteiger partial charge in [0.15, 0.2) is 0 Å². The maximum atomic E-state index is 11.5. The first kappa shape index (κ1) is 12.7. The van der Waals surface area contributed by atoms with E-state index in [1.807, 2.05) is 31.2 Å². The molecular weight excluding hydrogens is 200 g/mol. The van der Waals surface area contributed by atoms with Gasteiger partial charge in [-0.2, -0.15) is 0 Å². The van der Waals surface area contributed by atoms with Gasteiger partial charge in [0.25, 0.3) is 0 Å². The number of hydrogen-bond acceptors (Lipinski definition) is 2. The Bertz CT molecular complexity index is 330. The summed E-state index contributed by atoms with van der Waals surface area (Å²) < 4.78 is 0. The molecule has 3 heteroatoms. The van der Waals surface area contributed by atoms with E-state index < -0.39 is 0 Å². The molecule has 3 nitrogen and oxygen atoms in total. The van der Waals surface area contributed by atoms with Gasteiger partial charge in [-0.15, -0.1) is 0 Å². The van der Waals surface area contributed by atoms with Gasteiger partial charge in [-0.25, -0.2) is 0 Å². The Labute approximate surface area is 97.0 Å². The number of unbranched alkanes of at least 4 members (excludes halogenated alkanes) is 1. The second-order valence-corrected chi connectivity index (χ2v) is 4.06. The van der Waals surface area contributed by atoms with E-state index in [4.69, 9.17) is 5.73 Å². The van der Waals surface area contributed by atoms with E-state index in [0.29, 0.717) is 6.42 Å². The van der Waals surface area contributed by atoms with Crippen LogP contribution in [-0.2, 0) is 4.79 Å². The van der Waals surface area contributed by atoms with Crippen LogP contribution in [0.5, 0.6) is 0 Å². The number of carbonyl (C=O) groups is 1. The summed E-state index contributed by atoms with van der Waals surface area (Å²) in [6.45, 7) is 4.01. The van der Waals surface area contributed by atoms with Crippen molar-refractivity contribution in [3.63, 3.8) is 0 Å². The second-order valence-electron chi connectivity index (χ2n) is 4.06. The molecule has 0 fully saturated rings. The number of anilines is 1. The summed E-state index contributed by atoms with van der Waals surface area (Å²) in [5, 5.41) is 2.86. The summed E-state index contributed by atoms with van der Waals surface area (Å²) in [6.07, 6.45) is 2.56. The summed E-state index contributed by atoms with van der Waals surface area (Å²) in [7, 11) is 0. The fraction of sp³-hybridized carbons (Fsp3) is 0.462. The zero-order valence-corrected chi connectivity index (χ0v) is 9.99. The minimum absolute atomic E-state index is 0.0323. The molecule has 0 spiro atoms. The van der Waals surface area contributed by atoms with Crippen LogP contribution >= 0.6 is 0 Å². The summed E-state index contributed by atoms with van der Waals surface area (Å²) in [5.41, 5.74) is 7.66. The highest BCUT2D eigenvalue weighted by Crippen LogP contribution is 2.14. The van der Waals surface area contributed by atoms with Crippen LogP contribution < -0.4 is 11.1 Å². The number of nitrogens with one attached hydrogen (secondary N) is 1. The molecule has 0 bridgehead atoms. The summed E-state index contributed by atoms with van der Waals surface area (Å²) >= 11 is 0. The highest BCUT2D eigenvalue weighted by molar-refractivity contribution is 5.90. The van der Waals surface area contributed by atoms with Gasteiger partial charge >= 0.3 is 0 Å². The zero-order chi connectivity index (χ0) is 12.0. The highest BCUT2D eigenvalue weighted by Gasteiger charge is 2.02. The molecule has 0 radical (unpaired) electrons. The van der Waals surface area contributed by atoms with Gasteiger partial charge in [0.05, 0.1) is 0 Å². The van der Waals surface area contributed by atoms with Crippen molar-refractivity contribution < 1.29 is 4.79 Å². The topological polar surface area (TPSA) is 55.1 Å². The van der Waals surface area contributed by atoms with Crippen LogP contribution in [0.4, 0.5) is 5.69 Å². The quantitative estimate of drug-likeness (QED) is 0.801. The number of amides is 1. The smallest absolute Gasteiger partial charge is 0.224 e. The average Bonchev–Trinajstić information content (AvgIpc) is 2.27. The molecule has 16 heavy (non-hydrogen) atoms. The van der Waals surface area contributed by atoms with Gasteiger partial charge in [0.2, 0.25) is 5.91 Å². The Morgan fingerprint density at radius 3 is 2.50 bits per heavy atom. The Hall–Kier alpha value is -1.35. The normalized spacial score (nSPS) is 12.2. The third-order valence-electron chi connectivity index (χ3n) is 2.48. The SMILES string of the molecule is CCCCC(=O)Nc1ccc(C(C)N)cc1. The van der Waals surface area contributed by atoms with Crippen molar-refractivity contribution in [2.45, 2.75) is 39.2 Å². The fourth-order valence-corrected chi connectivity index (χ4v) is 1.43.